The van der Waals surface area contributed by atoms with Crippen molar-refractivity contribution in [1.82, 2.24) is 5.32 Å². The summed E-state index contributed by atoms with van der Waals surface area (Å²) in [5.74, 6) is -1.98. The molecule has 0 unspecified atom stereocenters. The third-order valence-electron chi connectivity index (χ3n) is 5.56. The molecule has 194 valence electrons. The molecule has 3 aromatic carbocycles. The summed E-state index contributed by atoms with van der Waals surface area (Å²) in [7, 11) is 0. The molecule has 1 heterocycles. The fraction of sp³-hybridized carbons (Fsp3) is 0.111. The normalized spacial score (nSPS) is 14.5. The monoisotopic (exact) mass is 641 g/mol. The van der Waals surface area contributed by atoms with Gasteiger partial charge in [0.1, 0.15) is 17.1 Å². The fourth-order valence-electron chi connectivity index (χ4n) is 3.68. The van der Waals surface area contributed by atoms with Crippen molar-refractivity contribution in [3.05, 3.63) is 85.8 Å². The van der Waals surface area contributed by atoms with Crippen LogP contribution in [0.1, 0.15) is 16.7 Å². The van der Waals surface area contributed by atoms with E-state index in [1.807, 2.05) is 32.0 Å². The lowest BCUT2D eigenvalue weighted by molar-refractivity contribution is -0.122. The van der Waals surface area contributed by atoms with E-state index in [1.54, 1.807) is 12.1 Å². The van der Waals surface area contributed by atoms with Crippen molar-refractivity contribution in [2.75, 3.05) is 16.8 Å². The second kappa shape index (κ2) is 11.2. The van der Waals surface area contributed by atoms with E-state index in [4.69, 9.17) is 4.74 Å². The number of rotatable bonds is 6. The molecule has 0 bridgehead atoms. The molecule has 0 aromatic heterocycles. The Morgan fingerprint density at radius 1 is 1.05 bits per heavy atom. The molecule has 1 aliphatic heterocycles. The molecule has 11 heteroatoms. The summed E-state index contributed by atoms with van der Waals surface area (Å²) in [6.45, 7) is 3.45. The number of halogens is 2. The zero-order valence-electron chi connectivity index (χ0n) is 20.2. The van der Waals surface area contributed by atoms with Gasteiger partial charge in [-0.2, -0.15) is 0 Å². The number of phenols is 1. The van der Waals surface area contributed by atoms with Crippen LogP contribution in [-0.2, 0) is 14.4 Å². The number of aryl methyl sites for hydroxylation is 2. The Balaban J connectivity index is 1.62. The first kappa shape index (κ1) is 27.1. The van der Waals surface area contributed by atoms with Crippen LogP contribution < -0.4 is 20.3 Å². The van der Waals surface area contributed by atoms with E-state index in [0.717, 1.165) is 16.0 Å². The topological polar surface area (TPSA) is 125 Å². The third kappa shape index (κ3) is 5.95. The average Bonchev–Trinajstić information content (AvgIpc) is 2.84. The maximum absolute atomic E-state index is 13.2. The van der Waals surface area contributed by atoms with Gasteiger partial charge in [0.25, 0.3) is 17.7 Å². The number of hydrogen-bond acceptors (Lipinski definition) is 6. The summed E-state index contributed by atoms with van der Waals surface area (Å²) in [5, 5.41) is 14.5. The number of nitrogens with one attached hydrogen (secondary N) is 2. The standard InChI is InChI=1S/C27H21Br2N3O6/c1-14-3-4-15(2)22(9-14)30-23(34)13-38-24-16(10-17(28)12-21(24)29)11-20-25(35)31-27(37)32(26(20)36)18-5-7-19(33)8-6-18/h3-12,33H,13H2,1-2H3,(H,30,34)(H,31,35,37)/b20-11-. The molecule has 4 rings (SSSR count). The molecule has 0 aliphatic carbocycles. The summed E-state index contributed by atoms with van der Waals surface area (Å²) in [6.07, 6.45) is 1.28. The first-order valence-electron chi connectivity index (χ1n) is 11.2. The number of aromatic hydroxyl groups is 1. The van der Waals surface area contributed by atoms with Crippen molar-refractivity contribution in [2.24, 2.45) is 0 Å². The Kier molecular flexibility index (Phi) is 7.98. The molecular weight excluding hydrogens is 622 g/mol. The predicted molar refractivity (Wildman–Crippen MR) is 149 cm³/mol. The molecule has 38 heavy (non-hydrogen) atoms. The first-order chi connectivity index (χ1) is 18.0. The largest absolute Gasteiger partial charge is 0.508 e. The number of barbiturate groups is 1. The van der Waals surface area contributed by atoms with Crippen LogP contribution in [0.15, 0.2) is 69.1 Å². The molecule has 1 fully saturated rings. The van der Waals surface area contributed by atoms with Gasteiger partial charge in [0.05, 0.1) is 10.2 Å². The predicted octanol–water partition coefficient (Wildman–Crippen LogP) is 5.22. The number of carbonyl (C=O) groups excluding carboxylic acids is 4. The molecule has 1 saturated heterocycles. The van der Waals surface area contributed by atoms with Gasteiger partial charge in [-0.3, -0.25) is 19.7 Å². The van der Waals surface area contributed by atoms with Crippen LogP contribution in [0, 0.1) is 13.8 Å². The zero-order valence-corrected chi connectivity index (χ0v) is 23.3. The summed E-state index contributed by atoms with van der Waals surface area (Å²) >= 11 is 6.78. The molecule has 5 amide bonds. The maximum Gasteiger partial charge on any atom is 0.335 e. The summed E-state index contributed by atoms with van der Waals surface area (Å²) < 4.78 is 6.89. The van der Waals surface area contributed by atoms with E-state index >= 15 is 0 Å². The van der Waals surface area contributed by atoms with Crippen molar-refractivity contribution in [3.8, 4) is 11.5 Å². The highest BCUT2D eigenvalue weighted by Gasteiger charge is 2.37. The average molecular weight is 643 g/mol. The number of carbonyl (C=O) groups is 4. The van der Waals surface area contributed by atoms with E-state index in [2.05, 4.69) is 42.5 Å². The molecule has 3 aromatic rings. The Bertz CT molecular complexity index is 1500. The number of benzene rings is 3. The minimum atomic E-state index is -0.919. The van der Waals surface area contributed by atoms with Crippen LogP contribution in [0.5, 0.6) is 11.5 Å². The van der Waals surface area contributed by atoms with Gasteiger partial charge in [-0.25, -0.2) is 9.69 Å². The number of urea groups is 1. The van der Waals surface area contributed by atoms with E-state index in [1.165, 1.54) is 30.3 Å². The molecule has 1 aliphatic rings. The zero-order chi connectivity index (χ0) is 27.6. The summed E-state index contributed by atoms with van der Waals surface area (Å²) in [6, 6.07) is 13.5. The van der Waals surface area contributed by atoms with Gasteiger partial charge in [-0.1, -0.05) is 28.1 Å². The fourth-order valence-corrected chi connectivity index (χ4v) is 5.06. The van der Waals surface area contributed by atoms with Crippen LogP contribution in [-0.4, -0.2) is 35.5 Å². The van der Waals surface area contributed by atoms with Gasteiger partial charge >= 0.3 is 6.03 Å². The van der Waals surface area contributed by atoms with Gasteiger partial charge in [-0.15, -0.1) is 0 Å². The minimum absolute atomic E-state index is 0.0483. The Labute approximate surface area is 234 Å². The highest BCUT2D eigenvalue weighted by Crippen LogP contribution is 2.35. The second-order valence-corrected chi connectivity index (χ2v) is 10.2. The third-order valence-corrected chi connectivity index (χ3v) is 6.61. The molecule has 3 N–H and O–H groups in total. The summed E-state index contributed by atoms with van der Waals surface area (Å²) in [5.41, 5.74) is 2.70. The van der Waals surface area contributed by atoms with Crippen LogP contribution in [0.4, 0.5) is 16.2 Å². The van der Waals surface area contributed by atoms with E-state index in [-0.39, 0.29) is 29.4 Å². The van der Waals surface area contributed by atoms with Crippen LogP contribution in [0.3, 0.4) is 0 Å². The van der Waals surface area contributed by atoms with Crippen molar-refractivity contribution < 1.29 is 29.0 Å². The van der Waals surface area contributed by atoms with E-state index in [9.17, 15) is 24.3 Å². The minimum Gasteiger partial charge on any atom is -0.508 e. The SMILES string of the molecule is Cc1ccc(C)c(NC(=O)COc2c(Br)cc(Br)cc2/C=C2/C(=O)NC(=O)N(c3ccc(O)cc3)C2=O)c1. The molecule has 0 radical (unpaired) electrons. The van der Waals surface area contributed by atoms with Gasteiger partial charge in [0.2, 0.25) is 0 Å². The Morgan fingerprint density at radius 3 is 2.47 bits per heavy atom. The number of imide groups is 2. The number of nitrogens with zero attached hydrogens (tertiary/aromatic N) is 1. The quantitative estimate of drug-likeness (QED) is 0.250. The molecule has 9 nitrogen and oxygen atoms in total. The Hall–Kier alpha value is -3.96. The van der Waals surface area contributed by atoms with Crippen LogP contribution in [0.25, 0.3) is 6.08 Å². The van der Waals surface area contributed by atoms with Gasteiger partial charge in [0.15, 0.2) is 6.61 Å². The highest BCUT2D eigenvalue weighted by atomic mass is 79.9. The smallest absolute Gasteiger partial charge is 0.335 e. The Morgan fingerprint density at radius 2 is 1.76 bits per heavy atom. The lowest BCUT2D eigenvalue weighted by atomic mass is 10.1. The number of anilines is 2. The molecular formula is C27H21Br2N3O6. The van der Waals surface area contributed by atoms with E-state index < -0.39 is 23.8 Å². The van der Waals surface area contributed by atoms with Crippen molar-refractivity contribution in [1.29, 1.82) is 0 Å². The maximum atomic E-state index is 13.2. The molecule has 0 atom stereocenters. The van der Waals surface area contributed by atoms with Crippen LogP contribution >= 0.6 is 31.9 Å². The lowest BCUT2D eigenvalue weighted by Crippen LogP contribution is -2.54. The molecule has 0 spiro atoms. The molecule has 0 saturated carbocycles. The lowest BCUT2D eigenvalue weighted by Gasteiger charge is -2.26. The number of amides is 5. The highest BCUT2D eigenvalue weighted by molar-refractivity contribution is 9.11. The van der Waals surface area contributed by atoms with Crippen molar-refractivity contribution in [3.63, 3.8) is 0 Å². The van der Waals surface area contributed by atoms with E-state index in [0.29, 0.717) is 20.2 Å². The van der Waals surface area contributed by atoms with Gasteiger partial charge < -0.3 is 15.2 Å². The van der Waals surface area contributed by atoms with Gasteiger partial charge in [-0.05, 0) is 89.4 Å². The first-order valence-corrected chi connectivity index (χ1v) is 12.8. The van der Waals surface area contributed by atoms with Crippen LogP contribution in [0.2, 0.25) is 0 Å². The number of phenolic OH excluding ortho intramolecular Hbond substituents is 1. The number of hydrogen-bond donors (Lipinski definition) is 3. The summed E-state index contributed by atoms with van der Waals surface area (Å²) in [4.78, 5) is 51.7. The van der Waals surface area contributed by atoms with Crippen molar-refractivity contribution in [2.45, 2.75) is 13.8 Å². The van der Waals surface area contributed by atoms with Crippen molar-refractivity contribution >= 4 is 73.1 Å². The van der Waals surface area contributed by atoms with Gasteiger partial charge in [0, 0.05) is 15.7 Å². The number of ether oxygens (including phenoxy) is 1. The second-order valence-electron chi connectivity index (χ2n) is 8.44.